The number of hydrogen-bond donors (Lipinski definition) is 2. The van der Waals surface area contributed by atoms with Gasteiger partial charge in [-0.1, -0.05) is 48.6 Å². The molecule has 0 aliphatic heterocycles. The van der Waals surface area contributed by atoms with Crippen LogP contribution in [0.3, 0.4) is 0 Å². The quantitative estimate of drug-likeness (QED) is 0.393. The van der Waals surface area contributed by atoms with Crippen LogP contribution in [-0.4, -0.2) is 42.5 Å². The van der Waals surface area contributed by atoms with Gasteiger partial charge in [0.1, 0.15) is 4.90 Å². The second-order valence-corrected chi connectivity index (χ2v) is 5.37. The van der Waals surface area contributed by atoms with Crippen LogP contribution in [0.15, 0.2) is 53.4 Å². The number of rotatable bonds is 3. The second kappa shape index (κ2) is 7.06. The molecule has 2 aromatic rings. The molecule has 2 rings (SSSR count). The van der Waals surface area contributed by atoms with E-state index in [1.165, 1.54) is 6.07 Å². The summed E-state index contributed by atoms with van der Waals surface area (Å²) in [6.07, 6.45) is 3.31. The first-order chi connectivity index (χ1) is 8.98. The standard InChI is InChI=1S/C14H13NO3S.Na.H/c15-13-7-3-1-5-11(13)9-10-12-6-2-4-8-14(12)19(16,17)18;;/h1-10H,15H2,(H,16,17,18);;/b10-9+;;. The molecule has 0 amide bonds. The molecular weight excluding hydrogens is 285 g/mol. The number of nitrogen functional groups attached to an aromatic ring is 1. The molecule has 0 bridgehead atoms. The molecule has 0 fully saturated rings. The van der Waals surface area contributed by atoms with Crippen molar-refractivity contribution in [3.63, 3.8) is 0 Å². The summed E-state index contributed by atoms with van der Waals surface area (Å²) >= 11 is 0. The third-order valence-corrected chi connectivity index (χ3v) is 3.56. The van der Waals surface area contributed by atoms with Crippen molar-refractivity contribution in [1.82, 2.24) is 0 Å². The van der Waals surface area contributed by atoms with Crippen LogP contribution in [0.1, 0.15) is 11.1 Å². The number of nitrogens with two attached hydrogens (primary N) is 1. The van der Waals surface area contributed by atoms with Gasteiger partial charge in [0.2, 0.25) is 0 Å². The molecule has 3 N–H and O–H groups in total. The third kappa shape index (κ3) is 4.19. The Balaban J connectivity index is 0.00000200. The number of hydrogen-bond acceptors (Lipinski definition) is 3. The Morgan fingerprint density at radius 3 is 2.00 bits per heavy atom. The average Bonchev–Trinajstić information content (AvgIpc) is 2.37. The Bertz CT molecular complexity index is 727. The van der Waals surface area contributed by atoms with Gasteiger partial charge in [-0.05, 0) is 23.3 Å². The Labute approximate surface area is 140 Å². The summed E-state index contributed by atoms with van der Waals surface area (Å²) in [6.45, 7) is 0. The van der Waals surface area contributed by atoms with Crippen molar-refractivity contribution < 1.29 is 13.0 Å². The van der Waals surface area contributed by atoms with Crippen molar-refractivity contribution >= 4 is 57.5 Å². The minimum atomic E-state index is -4.23. The summed E-state index contributed by atoms with van der Waals surface area (Å²) in [5.41, 5.74) is 7.59. The van der Waals surface area contributed by atoms with Crippen molar-refractivity contribution in [2.24, 2.45) is 0 Å². The van der Waals surface area contributed by atoms with Crippen LogP contribution in [0.4, 0.5) is 5.69 Å². The maximum absolute atomic E-state index is 11.2. The van der Waals surface area contributed by atoms with Gasteiger partial charge in [-0.3, -0.25) is 4.55 Å². The summed E-state index contributed by atoms with van der Waals surface area (Å²) < 4.78 is 31.6. The van der Waals surface area contributed by atoms with E-state index in [0.717, 1.165) is 5.56 Å². The summed E-state index contributed by atoms with van der Waals surface area (Å²) in [7, 11) is -4.23. The Morgan fingerprint density at radius 2 is 1.40 bits per heavy atom. The van der Waals surface area contributed by atoms with Gasteiger partial charge in [0.15, 0.2) is 0 Å². The summed E-state index contributed by atoms with van der Waals surface area (Å²) in [6, 6.07) is 13.4. The normalized spacial score (nSPS) is 11.2. The van der Waals surface area contributed by atoms with E-state index in [4.69, 9.17) is 10.3 Å². The first-order valence-corrected chi connectivity index (χ1v) is 7.01. The van der Waals surface area contributed by atoms with Gasteiger partial charge in [-0.25, -0.2) is 0 Å². The molecule has 0 radical (unpaired) electrons. The van der Waals surface area contributed by atoms with Gasteiger partial charge in [0.05, 0.1) is 0 Å². The van der Waals surface area contributed by atoms with Crippen LogP contribution in [-0.2, 0) is 10.1 Å². The minimum absolute atomic E-state index is 0. The molecule has 2 aromatic carbocycles. The predicted octanol–water partition coefficient (Wildman–Crippen LogP) is 2.04. The molecule has 0 aliphatic carbocycles. The number of para-hydroxylation sites is 1. The van der Waals surface area contributed by atoms with Crippen molar-refractivity contribution in [1.29, 1.82) is 0 Å². The summed E-state index contributed by atoms with van der Waals surface area (Å²) in [5.74, 6) is 0. The number of benzene rings is 2. The van der Waals surface area contributed by atoms with Crippen molar-refractivity contribution in [3.05, 3.63) is 59.7 Å². The molecular formula is C14H14NNaO3S. The third-order valence-electron chi connectivity index (χ3n) is 2.64. The Kier molecular flexibility index (Phi) is 5.98. The van der Waals surface area contributed by atoms with Crippen LogP contribution < -0.4 is 5.73 Å². The van der Waals surface area contributed by atoms with Crippen LogP contribution in [0.2, 0.25) is 0 Å². The first-order valence-electron chi connectivity index (χ1n) is 5.57. The van der Waals surface area contributed by atoms with E-state index < -0.39 is 10.1 Å². The van der Waals surface area contributed by atoms with E-state index in [1.54, 1.807) is 36.4 Å². The zero-order valence-electron chi connectivity index (χ0n) is 10.0. The molecule has 0 spiro atoms. The van der Waals surface area contributed by atoms with Gasteiger partial charge in [-0.15, -0.1) is 0 Å². The molecule has 0 saturated heterocycles. The summed E-state index contributed by atoms with van der Waals surface area (Å²) in [5, 5.41) is 0. The van der Waals surface area contributed by atoms with Gasteiger partial charge in [0, 0.05) is 5.69 Å². The summed E-state index contributed by atoms with van der Waals surface area (Å²) in [4.78, 5) is -0.124. The van der Waals surface area contributed by atoms with E-state index in [1.807, 2.05) is 18.2 Å². The molecule has 0 unspecified atom stereocenters. The molecule has 0 aliphatic rings. The molecule has 0 heterocycles. The fourth-order valence-corrected chi connectivity index (χ4v) is 2.38. The van der Waals surface area contributed by atoms with Crippen LogP contribution in [0, 0.1) is 0 Å². The van der Waals surface area contributed by atoms with Crippen molar-refractivity contribution in [3.8, 4) is 0 Å². The Hall–Kier alpha value is -1.11. The SMILES string of the molecule is Nc1ccccc1/C=C/c1ccccc1S(=O)(=O)O.[NaH]. The topological polar surface area (TPSA) is 80.4 Å². The first kappa shape index (κ1) is 16.9. The van der Waals surface area contributed by atoms with Gasteiger partial charge >= 0.3 is 29.6 Å². The van der Waals surface area contributed by atoms with E-state index in [2.05, 4.69) is 0 Å². The van der Waals surface area contributed by atoms with E-state index in [0.29, 0.717) is 11.3 Å². The maximum atomic E-state index is 11.2. The van der Waals surface area contributed by atoms with Gasteiger partial charge < -0.3 is 5.73 Å². The molecule has 0 atom stereocenters. The Morgan fingerprint density at radius 1 is 0.900 bits per heavy atom. The zero-order chi connectivity index (χ0) is 13.9. The molecule has 20 heavy (non-hydrogen) atoms. The number of anilines is 1. The fourth-order valence-electron chi connectivity index (χ4n) is 1.70. The molecule has 100 valence electrons. The molecule has 6 heteroatoms. The van der Waals surface area contributed by atoms with Crippen molar-refractivity contribution in [2.75, 3.05) is 5.73 Å². The monoisotopic (exact) mass is 299 g/mol. The predicted molar refractivity (Wildman–Crippen MR) is 83.2 cm³/mol. The zero-order valence-corrected chi connectivity index (χ0v) is 10.8. The van der Waals surface area contributed by atoms with Crippen LogP contribution in [0.5, 0.6) is 0 Å². The van der Waals surface area contributed by atoms with E-state index in [9.17, 15) is 8.42 Å². The van der Waals surface area contributed by atoms with Gasteiger partial charge in [-0.2, -0.15) is 8.42 Å². The molecule has 4 nitrogen and oxygen atoms in total. The molecule has 0 aromatic heterocycles. The van der Waals surface area contributed by atoms with Crippen molar-refractivity contribution in [2.45, 2.75) is 4.90 Å². The average molecular weight is 299 g/mol. The van der Waals surface area contributed by atoms with E-state index >= 15 is 0 Å². The van der Waals surface area contributed by atoms with E-state index in [-0.39, 0.29) is 34.5 Å². The fraction of sp³-hybridized carbons (Fsp3) is 0. The molecule has 0 saturated carbocycles. The van der Waals surface area contributed by atoms with Gasteiger partial charge in [0.25, 0.3) is 10.1 Å². The van der Waals surface area contributed by atoms with Crippen LogP contribution >= 0.6 is 0 Å². The second-order valence-electron chi connectivity index (χ2n) is 3.98. The van der Waals surface area contributed by atoms with Crippen LogP contribution in [0.25, 0.3) is 12.2 Å².